The molecule has 27 heavy (non-hydrogen) atoms. The van der Waals surface area contributed by atoms with Crippen LogP contribution in [0.3, 0.4) is 0 Å². The zero-order valence-electron chi connectivity index (χ0n) is 15.7. The minimum Gasteiger partial charge on any atom is -0.494 e. The molecule has 1 atom stereocenters. The molecule has 1 unspecified atom stereocenters. The number of urea groups is 1. The molecule has 0 radical (unpaired) electrons. The Kier molecular flexibility index (Phi) is 5.96. The van der Waals surface area contributed by atoms with Gasteiger partial charge in [0, 0.05) is 18.8 Å². The quantitative estimate of drug-likeness (QED) is 0.817. The Labute approximate surface area is 159 Å². The summed E-state index contributed by atoms with van der Waals surface area (Å²) in [6, 6.07) is 16.9. The molecule has 0 saturated carbocycles. The molecule has 1 heterocycles. The molecule has 3 rings (SSSR count). The van der Waals surface area contributed by atoms with E-state index >= 15 is 0 Å². The first kappa shape index (κ1) is 18.8. The van der Waals surface area contributed by atoms with Crippen LogP contribution in [0.15, 0.2) is 54.6 Å². The minimum absolute atomic E-state index is 0.0591. The number of nitrogens with one attached hydrogen (secondary N) is 1. The Hall–Kier alpha value is -3.02. The van der Waals surface area contributed by atoms with Crippen LogP contribution in [0.1, 0.15) is 25.5 Å². The molecule has 0 bridgehead atoms. The van der Waals surface area contributed by atoms with Gasteiger partial charge in [0.1, 0.15) is 12.3 Å². The van der Waals surface area contributed by atoms with Crippen LogP contribution < -0.4 is 15.0 Å². The van der Waals surface area contributed by atoms with E-state index in [1.165, 1.54) is 0 Å². The molecule has 0 spiro atoms. The van der Waals surface area contributed by atoms with E-state index in [1.54, 1.807) is 9.80 Å². The van der Waals surface area contributed by atoms with Crippen molar-refractivity contribution >= 4 is 17.6 Å². The molecule has 1 aliphatic rings. The summed E-state index contributed by atoms with van der Waals surface area (Å²) < 4.78 is 5.43. The number of carbonyl (C=O) groups is 2. The van der Waals surface area contributed by atoms with Crippen LogP contribution in [-0.4, -0.2) is 43.1 Å². The third-order valence-electron chi connectivity index (χ3n) is 4.57. The number of amides is 3. The van der Waals surface area contributed by atoms with Gasteiger partial charge in [0.25, 0.3) is 0 Å². The maximum absolute atomic E-state index is 12.6. The lowest BCUT2D eigenvalue weighted by molar-refractivity contribution is -0.122. The summed E-state index contributed by atoms with van der Waals surface area (Å²) in [4.78, 5) is 28.3. The van der Waals surface area contributed by atoms with E-state index in [-0.39, 0.29) is 24.5 Å². The summed E-state index contributed by atoms with van der Waals surface area (Å²) in [7, 11) is 0. The predicted octanol–water partition coefficient (Wildman–Crippen LogP) is 3.20. The average Bonchev–Trinajstić information content (AvgIpc) is 3.03. The molecule has 1 aliphatic heterocycles. The van der Waals surface area contributed by atoms with Gasteiger partial charge in [-0.3, -0.25) is 9.69 Å². The van der Waals surface area contributed by atoms with E-state index in [0.29, 0.717) is 19.7 Å². The molecule has 2 aromatic carbocycles. The van der Waals surface area contributed by atoms with Crippen molar-refractivity contribution < 1.29 is 14.3 Å². The van der Waals surface area contributed by atoms with Crippen molar-refractivity contribution in [2.45, 2.75) is 19.9 Å². The standard InChI is InChI=1S/C21H25N3O3/c1-3-27-19-11-9-18(10-12-19)24-14-13-23(21(24)26)15-20(25)22-16(2)17-7-5-4-6-8-17/h4-12,16H,3,13-15H2,1-2H3,(H,22,25). The molecule has 1 saturated heterocycles. The van der Waals surface area contributed by atoms with Gasteiger partial charge in [0.15, 0.2) is 0 Å². The van der Waals surface area contributed by atoms with Crippen LogP contribution in [0, 0.1) is 0 Å². The lowest BCUT2D eigenvalue weighted by Gasteiger charge is -2.20. The maximum Gasteiger partial charge on any atom is 0.325 e. The summed E-state index contributed by atoms with van der Waals surface area (Å²) in [5.41, 5.74) is 1.85. The fourth-order valence-corrected chi connectivity index (χ4v) is 3.14. The minimum atomic E-state index is -0.159. The van der Waals surface area contributed by atoms with Crippen molar-refractivity contribution in [2.24, 2.45) is 0 Å². The summed E-state index contributed by atoms with van der Waals surface area (Å²) in [5, 5.41) is 2.95. The normalized spacial score (nSPS) is 15.0. The van der Waals surface area contributed by atoms with Crippen LogP contribution in [0.2, 0.25) is 0 Å². The lowest BCUT2D eigenvalue weighted by Crippen LogP contribution is -2.40. The van der Waals surface area contributed by atoms with E-state index in [9.17, 15) is 9.59 Å². The summed E-state index contributed by atoms with van der Waals surface area (Å²) >= 11 is 0. The van der Waals surface area contributed by atoms with Gasteiger partial charge in [-0.25, -0.2) is 4.79 Å². The van der Waals surface area contributed by atoms with Crippen molar-refractivity contribution in [3.8, 4) is 5.75 Å². The molecule has 6 heteroatoms. The molecule has 0 aromatic heterocycles. The second-order valence-corrected chi connectivity index (χ2v) is 6.48. The van der Waals surface area contributed by atoms with E-state index in [0.717, 1.165) is 17.0 Å². The number of hydrogen-bond donors (Lipinski definition) is 1. The van der Waals surface area contributed by atoms with Gasteiger partial charge < -0.3 is 15.0 Å². The maximum atomic E-state index is 12.6. The van der Waals surface area contributed by atoms with E-state index in [1.807, 2.05) is 68.4 Å². The Bertz CT molecular complexity index is 777. The van der Waals surface area contributed by atoms with E-state index < -0.39 is 0 Å². The molecule has 2 aromatic rings. The number of nitrogens with zero attached hydrogens (tertiary/aromatic N) is 2. The number of ether oxygens (including phenoxy) is 1. The van der Waals surface area contributed by atoms with Gasteiger partial charge in [-0.05, 0) is 43.7 Å². The van der Waals surface area contributed by atoms with Crippen molar-refractivity contribution in [1.82, 2.24) is 10.2 Å². The Balaban J connectivity index is 1.56. The SMILES string of the molecule is CCOc1ccc(N2CCN(CC(=O)NC(C)c3ccccc3)C2=O)cc1. The molecule has 6 nitrogen and oxygen atoms in total. The van der Waals surface area contributed by atoms with Crippen molar-refractivity contribution in [3.63, 3.8) is 0 Å². The van der Waals surface area contributed by atoms with Gasteiger partial charge >= 0.3 is 6.03 Å². The van der Waals surface area contributed by atoms with Gasteiger partial charge in [-0.1, -0.05) is 30.3 Å². The first-order valence-electron chi connectivity index (χ1n) is 9.22. The molecule has 1 N–H and O–H groups in total. The van der Waals surface area contributed by atoms with Crippen LogP contribution >= 0.6 is 0 Å². The lowest BCUT2D eigenvalue weighted by atomic mass is 10.1. The van der Waals surface area contributed by atoms with Crippen molar-refractivity contribution in [2.75, 3.05) is 31.1 Å². The summed E-state index contributed by atoms with van der Waals surface area (Å²) in [6.45, 7) is 5.62. The van der Waals surface area contributed by atoms with Gasteiger partial charge in [-0.15, -0.1) is 0 Å². The van der Waals surface area contributed by atoms with Crippen LogP contribution in [0.4, 0.5) is 10.5 Å². The summed E-state index contributed by atoms with van der Waals surface area (Å²) in [6.07, 6.45) is 0. The fourth-order valence-electron chi connectivity index (χ4n) is 3.14. The summed E-state index contributed by atoms with van der Waals surface area (Å²) in [5.74, 6) is 0.618. The van der Waals surface area contributed by atoms with Crippen LogP contribution in [0.25, 0.3) is 0 Å². The largest absolute Gasteiger partial charge is 0.494 e. The Morgan fingerprint density at radius 2 is 1.81 bits per heavy atom. The zero-order valence-corrected chi connectivity index (χ0v) is 15.7. The first-order valence-corrected chi connectivity index (χ1v) is 9.22. The van der Waals surface area contributed by atoms with Gasteiger partial charge in [0.2, 0.25) is 5.91 Å². The number of anilines is 1. The van der Waals surface area contributed by atoms with Gasteiger partial charge in [-0.2, -0.15) is 0 Å². The Morgan fingerprint density at radius 3 is 2.48 bits per heavy atom. The highest BCUT2D eigenvalue weighted by molar-refractivity contribution is 5.96. The topological polar surface area (TPSA) is 61.9 Å². The van der Waals surface area contributed by atoms with Gasteiger partial charge in [0.05, 0.1) is 12.6 Å². The predicted molar refractivity (Wildman–Crippen MR) is 105 cm³/mol. The monoisotopic (exact) mass is 367 g/mol. The second kappa shape index (κ2) is 8.58. The number of rotatable bonds is 7. The zero-order chi connectivity index (χ0) is 19.2. The van der Waals surface area contributed by atoms with E-state index in [2.05, 4.69) is 5.32 Å². The highest BCUT2D eigenvalue weighted by atomic mass is 16.5. The molecule has 3 amide bonds. The van der Waals surface area contributed by atoms with Crippen molar-refractivity contribution in [3.05, 3.63) is 60.2 Å². The molecule has 1 fully saturated rings. The van der Waals surface area contributed by atoms with E-state index in [4.69, 9.17) is 4.74 Å². The Morgan fingerprint density at radius 1 is 1.11 bits per heavy atom. The molecular formula is C21H25N3O3. The van der Waals surface area contributed by atoms with Crippen LogP contribution in [-0.2, 0) is 4.79 Å². The highest BCUT2D eigenvalue weighted by Crippen LogP contribution is 2.23. The first-order chi connectivity index (χ1) is 13.1. The molecule has 142 valence electrons. The fraction of sp³-hybridized carbons (Fsp3) is 0.333. The number of carbonyl (C=O) groups excluding carboxylic acids is 2. The second-order valence-electron chi connectivity index (χ2n) is 6.48. The number of benzene rings is 2. The van der Waals surface area contributed by atoms with Crippen molar-refractivity contribution in [1.29, 1.82) is 0 Å². The number of hydrogen-bond acceptors (Lipinski definition) is 3. The average molecular weight is 367 g/mol. The molecular weight excluding hydrogens is 342 g/mol. The smallest absolute Gasteiger partial charge is 0.325 e. The third-order valence-corrected chi connectivity index (χ3v) is 4.57. The van der Waals surface area contributed by atoms with Crippen LogP contribution in [0.5, 0.6) is 5.75 Å². The third kappa shape index (κ3) is 4.58. The highest BCUT2D eigenvalue weighted by Gasteiger charge is 2.31. The molecule has 0 aliphatic carbocycles.